The SMILES string of the molecule is CCN1C(=N)C(c2cccc(C(F)(F)F)c2)=C(O)C1c1ccccc1. The molecule has 1 atom stereocenters. The van der Waals surface area contributed by atoms with Crippen molar-refractivity contribution in [1.82, 2.24) is 4.90 Å². The summed E-state index contributed by atoms with van der Waals surface area (Å²) in [4.78, 5) is 1.67. The van der Waals surface area contributed by atoms with Crippen LogP contribution in [0, 0.1) is 5.41 Å². The summed E-state index contributed by atoms with van der Waals surface area (Å²) in [5.74, 6) is -0.0782. The highest BCUT2D eigenvalue weighted by Gasteiger charge is 2.38. The zero-order valence-electron chi connectivity index (χ0n) is 13.5. The first-order valence-corrected chi connectivity index (χ1v) is 7.86. The van der Waals surface area contributed by atoms with E-state index in [-0.39, 0.29) is 22.7 Å². The quantitative estimate of drug-likeness (QED) is 0.819. The zero-order chi connectivity index (χ0) is 18.2. The minimum Gasteiger partial charge on any atom is -0.509 e. The lowest BCUT2D eigenvalue weighted by Gasteiger charge is -2.25. The second-order valence-electron chi connectivity index (χ2n) is 5.79. The molecule has 0 saturated carbocycles. The summed E-state index contributed by atoms with van der Waals surface area (Å²) in [6.45, 7) is 2.29. The zero-order valence-corrected chi connectivity index (χ0v) is 13.5. The van der Waals surface area contributed by atoms with Gasteiger partial charge in [0.1, 0.15) is 17.6 Å². The Hall–Kier alpha value is -2.76. The number of hydrogen-bond acceptors (Lipinski definition) is 2. The number of alkyl halides is 3. The Balaban J connectivity index is 2.12. The van der Waals surface area contributed by atoms with Gasteiger partial charge in [-0.2, -0.15) is 13.2 Å². The number of halogens is 3. The number of hydrogen-bond donors (Lipinski definition) is 2. The largest absolute Gasteiger partial charge is 0.509 e. The van der Waals surface area contributed by atoms with E-state index in [1.807, 2.05) is 37.3 Å². The fraction of sp³-hybridized carbons (Fsp3) is 0.211. The Bertz CT molecular complexity index is 828. The smallest absolute Gasteiger partial charge is 0.416 e. The Labute approximate surface area is 143 Å². The van der Waals surface area contributed by atoms with Crippen LogP contribution in [-0.4, -0.2) is 22.4 Å². The van der Waals surface area contributed by atoms with Crippen molar-refractivity contribution in [2.24, 2.45) is 0 Å². The Morgan fingerprint density at radius 1 is 1.08 bits per heavy atom. The second kappa shape index (κ2) is 6.27. The molecule has 2 aromatic carbocycles. The minimum absolute atomic E-state index is 0.0215. The lowest BCUT2D eigenvalue weighted by molar-refractivity contribution is -0.137. The van der Waals surface area contributed by atoms with Gasteiger partial charge in [-0.1, -0.05) is 42.5 Å². The van der Waals surface area contributed by atoms with Gasteiger partial charge in [0.15, 0.2) is 0 Å². The van der Waals surface area contributed by atoms with E-state index in [0.29, 0.717) is 6.54 Å². The lowest BCUT2D eigenvalue weighted by Crippen LogP contribution is -2.29. The molecule has 2 N–H and O–H groups in total. The first-order chi connectivity index (χ1) is 11.8. The molecule has 1 heterocycles. The van der Waals surface area contributed by atoms with Gasteiger partial charge in [0.2, 0.25) is 0 Å². The molecule has 1 aliphatic rings. The highest BCUT2D eigenvalue weighted by molar-refractivity contribution is 6.24. The molecular formula is C19H17F3N2O. The van der Waals surface area contributed by atoms with Gasteiger partial charge >= 0.3 is 6.18 Å². The molecule has 0 spiro atoms. The van der Waals surface area contributed by atoms with Gasteiger partial charge in [-0.3, -0.25) is 5.41 Å². The van der Waals surface area contributed by atoms with E-state index >= 15 is 0 Å². The molecule has 0 aromatic heterocycles. The number of aliphatic hydroxyl groups is 1. The van der Waals surface area contributed by atoms with E-state index < -0.39 is 17.8 Å². The maximum atomic E-state index is 13.0. The Morgan fingerprint density at radius 3 is 2.36 bits per heavy atom. The van der Waals surface area contributed by atoms with Crippen LogP contribution in [0.1, 0.15) is 29.7 Å². The molecule has 25 heavy (non-hydrogen) atoms. The van der Waals surface area contributed by atoms with Crippen LogP contribution in [0.2, 0.25) is 0 Å². The first-order valence-electron chi connectivity index (χ1n) is 7.86. The van der Waals surface area contributed by atoms with Gasteiger partial charge in [0, 0.05) is 6.54 Å². The van der Waals surface area contributed by atoms with Crippen LogP contribution in [0.25, 0.3) is 5.57 Å². The molecule has 1 aliphatic heterocycles. The monoisotopic (exact) mass is 346 g/mol. The maximum Gasteiger partial charge on any atom is 0.416 e. The van der Waals surface area contributed by atoms with Crippen LogP contribution in [0.15, 0.2) is 60.4 Å². The molecule has 2 aromatic rings. The van der Waals surface area contributed by atoms with Crippen LogP contribution < -0.4 is 0 Å². The predicted octanol–water partition coefficient (Wildman–Crippen LogP) is 5.03. The molecule has 0 fully saturated rings. The number of rotatable bonds is 3. The predicted molar refractivity (Wildman–Crippen MR) is 90.3 cm³/mol. The first kappa shape index (κ1) is 17.1. The van der Waals surface area contributed by atoms with Gasteiger partial charge in [0.05, 0.1) is 11.1 Å². The van der Waals surface area contributed by atoms with E-state index in [9.17, 15) is 18.3 Å². The molecule has 1 unspecified atom stereocenters. The molecule has 6 heteroatoms. The standard InChI is InChI=1S/C19H17F3N2O/c1-2-24-16(12-7-4-3-5-8-12)17(25)15(18(24)23)13-9-6-10-14(11-13)19(20,21)22/h3-11,16,23,25H,2H2,1H3. The number of nitrogens with zero attached hydrogens (tertiary/aromatic N) is 1. The third kappa shape index (κ3) is 2.99. The van der Waals surface area contributed by atoms with Crippen molar-refractivity contribution in [1.29, 1.82) is 5.41 Å². The van der Waals surface area contributed by atoms with Gasteiger partial charge in [-0.15, -0.1) is 0 Å². The Morgan fingerprint density at radius 2 is 1.76 bits per heavy atom. The van der Waals surface area contributed by atoms with E-state index in [4.69, 9.17) is 5.41 Å². The maximum absolute atomic E-state index is 13.0. The number of nitrogens with one attached hydrogen (secondary N) is 1. The fourth-order valence-corrected chi connectivity index (χ4v) is 3.13. The van der Waals surface area contributed by atoms with Gasteiger partial charge in [-0.25, -0.2) is 0 Å². The van der Waals surface area contributed by atoms with Crippen molar-refractivity contribution in [3.63, 3.8) is 0 Å². The van der Waals surface area contributed by atoms with Crippen molar-refractivity contribution < 1.29 is 18.3 Å². The van der Waals surface area contributed by atoms with E-state index in [2.05, 4.69) is 0 Å². The average Bonchev–Trinajstić information content (AvgIpc) is 2.85. The van der Waals surface area contributed by atoms with Crippen molar-refractivity contribution >= 4 is 11.4 Å². The van der Waals surface area contributed by atoms with Gasteiger partial charge < -0.3 is 10.0 Å². The van der Waals surface area contributed by atoms with Gasteiger partial charge in [-0.05, 0) is 30.2 Å². The summed E-state index contributed by atoms with van der Waals surface area (Å²) in [5.41, 5.74) is 0.314. The van der Waals surface area contributed by atoms with E-state index in [1.54, 1.807) is 4.90 Å². The number of amidine groups is 1. The van der Waals surface area contributed by atoms with E-state index in [1.165, 1.54) is 12.1 Å². The summed E-state index contributed by atoms with van der Waals surface area (Å²) in [6, 6.07) is 13.3. The van der Waals surface area contributed by atoms with E-state index in [0.717, 1.165) is 17.7 Å². The fourth-order valence-electron chi connectivity index (χ4n) is 3.13. The van der Waals surface area contributed by atoms with Crippen LogP contribution in [-0.2, 0) is 6.18 Å². The number of aliphatic hydroxyl groups excluding tert-OH is 1. The molecule has 3 nitrogen and oxygen atoms in total. The summed E-state index contributed by atoms with van der Waals surface area (Å²) < 4.78 is 39.0. The highest BCUT2D eigenvalue weighted by atomic mass is 19.4. The van der Waals surface area contributed by atoms with Crippen LogP contribution in [0.3, 0.4) is 0 Å². The molecule has 130 valence electrons. The van der Waals surface area contributed by atoms with Crippen molar-refractivity contribution in [3.05, 3.63) is 77.0 Å². The second-order valence-corrected chi connectivity index (χ2v) is 5.79. The minimum atomic E-state index is -4.48. The third-order valence-electron chi connectivity index (χ3n) is 4.29. The molecule has 0 bridgehead atoms. The molecular weight excluding hydrogens is 329 g/mol. The highest BCUT2D eigenvalue weighted by Crippen LogP contribution is 2.41. The number of benzene rings is 2. The molecule has 0 amide bonds. The Kier molecular flexibility index (Phi) is 4.29. The normalized spacial score (nSPS) is 18.2. The third-order valence-corrected chi connectivity index (χ3v) is 4.29. The summed E-state index contributed by atoms with van der Waals surface area (Å²) >= 11 is 0. The molecule has 0 radical (unpaired) electrons. The van der Waals surface area contributed by atoms with Crippen LogP contribution in [0.4, 0.5) is 13.2 Å². The van der Waals surface area contributed by atoms with Crippen molar-refractivity contribution in [2.45, 2.75) is 19.1 Å². The average molecular weight is 346 g/mol. The molecule has 3 rings (SSSR count). The molecule has 0 aliphatic carbocycles. The summed E-state index contributed by atoms with van der Waals surface area (Å²) in [7, 11) is 0. The molecule has 0 saturated heterocycles. The topological polar surface area (TPSA) is 47.3 Å². The van der Waals surface area contributed by atoms with Crippen LogP contribution in [0.5, 0.6) is 0 Å². The lowest BCUT2D eigenvalue weighted by atomic mass is 9.99. The summed E-state index contributed by atoms with van der Waals surface area (Å²) in [5, 5.41) is 19.1. The van der Waals surface area contributed by atoms with Crippen molar-refractivity contribution in [3.8, 4) is 0 Å². The van der Waals surface area contributed by atoms with Crippen molar-refractivity contribution in [2.75, 3.05) is 6.54 Å². The summed E-state index contributed by atoms with van der Waals surface area (Å²) in [6.07, 6.45) is -4.48. The number of likely N-dealkylation sites (N-methyl/N-ethyl adjacent to an activating group) is 1. The van der Waals surface area contributed by atoms with Crippen LogP contribution >= 0.6 is 0 Å². The van der Waals surface area contributed by atoms with Gasteiger partial charge in [0.25, 0.3) is 0 Å².